The quantitative estimate of drug-likeness (QED) is 0.231. The van der Waals surface area contributed by atoms with Crippen LogP contribution in [0, 0.1) is 11.8 Å². The average Bonchev–Trinajstić information content (AvgIpc) is 2.88. The number of aliphatic hydroxyl groups is 3. The predicted molar refractivity (Wildman–Crippen MR) is 122 cm³/mol. The Labute approximate surface area is 206 Å². The summed E-state index contributed by atoms with van der Waals surface area (Å²) in [6.07, 6.45) is -2.47. The third-order valence-electron chi connectivity index (χ3n) is 6.33. The van der Waals surface area contributed by atoms with Gasteiger partial charge in [-0.2, -0.15) is 0 Å². The number of carbonyl (C=O) groups is 2. The normalized spacial score (nSPS) is 34.2. The third kappa shape index (κ3) is 5.45. The SMILES string of the molecule is C=CC1C(OC2OC(CO)C(O)C(O)C2OC(=O)C=Cc2ccc(O)cc2)OC=C2C(=O)OCCC21. The van der Waals surface area contributed by atoms with E-state index in [-0.39, 0.29) is 18.3 Å². The Morgan fingerprint density at radius 1 is 1.17 bits per heavy atom. The van der Waals surface area contributed by atoms with Crippen LogP contribution in [0.5, 0.6) is 5.75 Å². The number of fused-ring (bicyclic) bond motifs is 1. The number of hydrogen-bond acceptors (Lipinski definition) is 11. The molecule has 0 aliphatic carbocycles. The van der Waals surface area contributed by atoms with Gasteiger partial charge in [-0.1, -0.05) is 18.2 Å². The summed E-state index contributed by atoms with van der Waals surface area (Å²) in [5.74, 6) is -2.06. The van der Waals surface area contributed by atoms with Gasteiger partial charge < -0.3 is 44.1 Å². The average molecular weight is 504 g/mol. The van der Waals surface area contributed by atoms with Gasteiger partial charge in [0.2, 0.25) is 12.6 Å². The van der Waals surface area contributed by atoms with Crippen LogP contribution in [0.25, 0.3) is 6.08 Å². The summed E-state index contributed by atoms with van der Waals surface area (Å²) in [6, 6.07) is 6.06. The maximum atomic E-state index is 12.5. The predicted octanol–water partition coefficient (Wildman–Crippen LogP) is 0.378. The van der Waals surface area contributed by atoms with Gasteiger partial charge >= 0.3 is 11.9 Å². The van der Waals surface area contributed by atoms with Gasteiger partial charge in [0.1, 0.15) is 24.1 Å². The van der Waals surface area contributed by atoms with Crippen molar-refractivity contribution < 1.29 is 53.7 Å². The smallest absolute Gasteiger partial charge is 0.337 e. The zero-order chi connectivity index (χ0) is 25.8. The molecule has 8 unspecified atom stereocenters. The standard InChI is InChI=1S/C25H28O11/c1-2-15-16-9-10-32-23(31)17(16)12-33-24(15)36-25-22(21(30)20(29)18(11-26)34-25)35-19(28)8-5-13-3-6-14(27)7-4-13/h2-8,12,15-16,18,20-22,24-27,29-30H,1,9-11H2. The first-order valence-electron chi connectivity index (χ1n) is 11.4. The Morgan fingerprint density at radius 3 is 2.61 bits per heavy atom. The summed E-state index contributed by atoms with van der Waals surface area (Å²) in [5, 5.41) is 39.9. The molecule has 0 aromatic heterocycles. The molecule has 1 aromatic rings. The summed E-state index contributed by atoms with van der Waals surface area (Å²) in [5.41, 5.74) is 0.956. The molecular formula is C25H28O11. The van der Waals surface area contributed by atoms with E-state index in [0.717, 1.165) is 6.08 Å². The van der Waals surface area contributed by atoms with E-state index in [2.05, 4.69) is 6.58 Å². The Morgan fingerprint density at radius 2 is 1.92 bits per heavy atom. The van der Waals surface area contributed by atoms with Crippen LogP contribution in [0.2, 0.25) is 0 Å². The summed E-state index contributed by atoms with van der Waals surface area (Å²) in [6.45, 7) is 3.40. The number of phenolic OH excluding ortho intramolecular Hbond substituents is 1. The van der Waals surface area contributed by atoms with Crippen LogP contribution < -0.4 is 0 Å². The second-order valence-corrected chi connectivity index (χ2v) is 8.59. The molecule has 11 nitrogen and oxygen atoms in total. The van der Waals surface area contributed by atoms with Crippen LogP contribution in [0.1, 0.15) is 12.0 Å². The van der Waals surface area contributed by atoms with E-state index < -0.39 is 61.5 Å². The summed E-state index contributed by atoms with van der Waals surface area (Å²) in [4.78, 5) is 24.6. The zero-order valence-electron chi connectivity index (χ0n) is 19.2. The molecule has 0 bridgehead atoms. The molecule has 0 spiro atoms. The number of benzene rings is 1. The third-order valence-corrected chi connectivity index (χ3v) is 6.33. The van der Waals surface area contributed by atoms with Crippen LogP contribution in [0.15, 0.2) is 54.8 Å². The molecule has 3 aliphatic heterocycles. The lowest BCUT2D eigenvalue weighted by Crippen LogP contribution is -2.61. The number of aliphatic hydroxyl groups excluding tert-OH is 3. The molecule has 11 heteroatoms. The van der Waals surface area contributed by atoms with Crippen molar-refractivity contribution in [2.24, 2.45) is 11.8 Å². The second-order valence-electron chi connectivity index (χ2n) is 8.59. The van der Waals surface area contributed by atoms with Gasteiger partial charge in [0.25, 0.3) is 0 Å². The first-order chi connectivity index (χ1) is 17.3. The maximum Gasteiger partial charge on any atom is 0.337 e. The molecule has 0 amide bonds. The minimum absolute atomic E-state index is 0.0689. The van der Waals surface area contributed by atoms with E-state index in [9.17, 15) is 30.0 Å². The lowest BCUT2D eigenvalue weighted by atomic mass is 9.81. The van der Waals surface area contributed by atoms with E-state index in [1.165, 1.54) is 24.5 Å². The molecule has 3 aliphatic rings. The number of aromatic hydroxyl groups is 1. The highest BCUT2D eigenvalue weighted by Gasteiger charge is 2.50. The number of carbonyl (C=O) groups excluding carboxylic acids is 2. The van der Waals surface area contributed by atoms with Crippen LogP contribution >= 0.6 is 0 Å². The van der Waals surface area contributed by atoms with Crippen molar-refractivity contribution in [1.29, 1.82) is 0 Å². The first-order valence-corrected chi connectivity index (χ1v) is 11.4. The minimum atomic E-state index is -1.64. The summed E-state index contributed by atoms with van der Waals surface area (Å²) in [7, 11) is 0. The lowest BCUT2D eigenvalue weighted by molar-refractivity contribution is -0.340. The van der Waals surface area contributed by atoms with Gasteiger partial charge in [-0.25, -0.2) is 9.59 Å². The highest BCUT2D eigenvalue weighted by Crippen LogP contribution is 2.39. The highest BCUT2D eigenvalue weighted by atomic mass is 16.8. The monoisotopic (exact) mass is 504 g/mol. The summed E-state index contributed by atoms with van der Waals surface area (Å²) >= 11 is 0. The molecule has 2 saturated heterocycles. The zero-order valence-corrected chi connectivity index (χ0v) is 19.2. The van der Waals surface area contributed by atoms with Crippen LogP contribution in [-0.4, -0.2) is 82.6 Å². The van der Waals surface area contributed by atoms with E-state index in [1.807, 2.05) is 0 Å². The fourth-order valence-electron chi connectivity index (χ4n) is 4.37. The molecule has 0 saturated carbocycles. The van der Waals surface area contributed by atoms with Gasteiger partial charge in [-0.3, -0.25) is 0 Å². The number of rotatable bonds is 7. The molecular weight excluding hydrogens is 476 g/mol. The van der Waals surface area contributed by atoms with E-state index in [1.54, 1.807) is 18.2 Å². The molecule has 3 heterocycles. The Kier molecular flexibility index (Phi) is 8.07. The number of esters is 2. The lowest BCUT2D eigenvalue weighted by Gasteiger charge is -2.44. The molecule has 2 fully saturated rings. The van der Waals surface area contributed by atoms with Gasteiger partial charge in [0, 0.05) is 17.9 Å². The van der Waals surface area contributed by atoms with E-state index in [4.69, 9.17) is 23.7 Å². The van der Waals surface area contributed by atoms with Crippen LogP contribution in [-0.2, 0) is 33.3 Å². The molecule has 194 valence electrons. The molecule has 4 N–H and O–H groups in total. The number of hydrogen-bond donors (Lipinski definition) is 4. The fourth-order valence-corrected chi connectivity index (χ4v) is 4.37. The van der Waals surface area contributed by atoms with Crippen molar-refractivity contribution in [3.05, 3.63) is 60.4 Å². The highest BCUT2D eigenvalue weighted by molar-refractivity contribution is 5.89. The Balaban J connectivity index is 1.51. The molecule has 1 aromatic carbocycles. The van der Waals surface area contributed by atoms with Crippen molar-refractivity contribution in [2.45, 2.75) is 43.4 Å². The van der Waals surface area contributed by atoms with Crippen molar-refractivity contribution in [3.8, 4) is 5.75 Å². The maximum absolute atomic E-state index is 12.5. The van der Waals surface area contributed by atoms with Crippen molar-refractivity contribution >= 4 is 18.0 Å². The Hall–Kier alpha value is -3.22. The fraction of sp³-hybridized carbons (Fsp3) is 0.440. The summed E-state index contributed by atoms with van der Waals surface area (Å²) < 4.78 is 27.6. The van der Waals surface area contributed by atoms with Gasteiger partial charge in [0.05, 0.1) is 25.0 Å². The van der Waals surface area contributed by atoms with E-state index in [0.29, 0.717) is 17.6 Å². The minimum Gasteiger partial charge on any atom is -0.508 e. The molecule has 4 rings (SSSR count). The second kappa shape index (κ2) is 11.2. The Bertz CT molecular complexity index is 1020. The van der Waals surface area contributed by atoms with Gasteiger partial charge in [-0.05, 0) is 30.2 Å². The van der Waals surface area contributed by atoms with Crippen molar-refractivity contribution in [2.75, 3.05) is 13.2 Å². The topological polar surface area (TPSA) is 161 Å². The number of cyclic esters (lactones) is 1. The van der Waals surface area contributed by atoms with Crippen molar-refractivity contribution in [3.63, 3.8) is 0 Å². The molecule has 36 heavy (non-hydrogen) atoms. The molecule has 0 radical (unpaired) electrons. The van der Waals surface area contributed by atoms with Crippen molar-refractivity contribution in [1.82, 2.24) is 0 Å². The largest absolute Gasteiger partial charge is 0.508 e. The van der Waals surface area contributed by atoms with E-state index >= 15 is 0 Å². The van der Waals surface area contributed by atoms with Gasteiger partial charge in [-0.15, -0.1) is 6.58 Å². The number of ether oxygens (including phenoxy) is 5. The van der Waals surface area contributed by atoms with Crippen LogP contribution in [0.3, 0.4) is 0 Å². The van der Waals surface area contributed by atoms with Gasteiger partial charge in [0.15, 0.2) is 6.10 Å². The molecule has 8 atom stereocenters. The van der Waals surface area contributed by atoms with Crippen LogP contribution in [0.4, 0.5) is 0 Å². The first kappa shape index (κ1) is 25.9. The number of phenols is 1.